The molecule has 3 rings (SSSR count). The van der Waals surface area contributed by atoms with Gasteiger partial charge in [-0.05, 0) is 15.9 Å². The quantitative estimate of drug-likeness (QED) is 0.501. The minimum absolute atomic E-state index is 0.388. The summed E-state index contributed by atoms with van der Waals surface area (Å²) in [7, 11) is 0. The molecule has 1 aromatic heterocycles. The van der Waals surface area contributed by atoms with Crippen LogP contribution in [0.4, 0.5) is 0 Å². The molecule has 2 aromatic carbocycles. The minimum atomic E-state index is -0.416. The highest BCUT2D eigenvalue weighted by molar-refractivity contribution is 9.10. The zero-order valence-corrected chi connectivity index (χ0v) is 12.1. The fourth-order valence-electron chi connectivity index (χ4n) is 1.95. The Morgan fingerprint density at radius 3 is 2.68 bits per heavy atom. The van der Waals surface area contributed by atoms with E-state index in [0.717, 1.165) is 22.1 Å². The van der Waals surface area contributed by atoms with Crippen LogP contribution in [0.1, 0.15) is 6.92 Å². The van der Waals surface area contributed by atoms with Gasteiger partial charge in [-0.25, -0.2) is 4.79 Å². The molecule has 0 N–H and O–H groups in total. The first-order chi connectivity index (χ1) is 9.08. The van der Waals surface area contributed by atoms with Gasteiger partial charge in [0.05, 0.1) is 9.17 Å². The molecule has 0 saturated carbocycles. The Balaban J connectivity index is 2.53. The van der Waals surface area contributed by atoms with Crippen molar-refractivity contribution in [2.24, 2.45) is 0 Å². The topological polar surface area (TPSA) is 56.5 Å². The molecule has 0 bridgehead atoms. The molecule has 19 heavy (non-hydrogen) atoms. The number of benzene rings is 2. The van der Waals surface area contributed by atoms with Gasteiger partial charge in [0.2, 0.25) is 0 Å². The largest absolute Gasteiger partial charge is 0.425 e. The molecular formula is C13H7BrO4S. The number of hydrogen-bond acceptors (Lipinski definition) is 5. The molecule has 4 nitrogen and oxygen atoms in total. The Morgan fingerprint density at radius 1 is 1.32 bits per heavy atom. The third kappa shape index (κ3) is 1.97. The molecule has 0 saturated heterocycles. The van der Waals surface area contributed by atoms with Gasteiger partial charge in [-0.3, -0.25) is 4.79 Å². The monoisotopic (exact) mass is 338 g/mol. The molecule has 3 aromatic rings. The van der Waals surface area contributed by atoms with Crippen LogP contribution in [0.25, 0.3) is 21.1 Å². The van der Waals surface area contributed by atoms with Gasteiger partial charge >= 0.3 is 10.9 Å². The number of halogens is 1. The molecule has 0 spiro atoms. The van der Waals surface area contributed by atoms with Crippen LogP contribution >= 0.6 is 27.3 Å². The van der Waals surface area contributed by atoms with Gasteiger partial charge in [-0.2, -0.15) is 0 Å². The van der Waals surface area contributed by atoms with Crippen molar-refractivity contribution in [2.75, 3.05) is 0 Å². The Kier molecular flexibility index (Phi) is 2.91. The molecule has 0 aliphatic heterocycles. The summed E-state index contributed by atoms with van der Waals surface area (Å²) in [4.78, 5) is 22.3. The maximum absolute atomic E-state index is 11.4. The summed E-state index contributed by atoms with van der Waals surface area (Å²) in [5.74, 6) is -0.00584. The van der Waals surface area contributed by atoms with Crippen molar-refractivity contribution in [1.29, 1.82) is 0 Å². The Labute approximate surface area is 119 Å². The lowest BCUT2D eigenvalue weighted by Crippen LogP contribution is -2.02. The number of esters is 1. The van der Waals surface area contributed by atoms with Crippen molar-refractivity contribution in [3.05, 3.63) is 38.5 Å². The molecule has 0 fully saturated rings. The Hall–Kier alpha value is -1.66. The van der Waals surface area contributed by atoms with Crippen molar-refractivity contribution in [1.82, 2.24) is 0 Å². The second-order valence-corrected chi connectivity index (χ2v) is 5.63. The number of ether oxygens (including phenoxy) is 1. The van der Waals surface area contributed by atoms with Gasteiger partial charge in [0.1, 0.15) is 0 Å². The lowest BCUT2D eigenvalue weighted by molar-refractivity contribution is -0.131. The highest BCUT2D eigenvalue weighted by Gasteiger charge is 2.18. The van der Waals surface area contributed by atoms with Crippen LogP contribution in [-0.2, 0) is 4.79 Å². The molecule has 0 radical (unpaired) electrons. The number of carbonyl (C=O) groups excluding carboxylic acids is 1. The van der Waals surface area contributed by atoms with Crippen molar-refractivity contribution >= 4 is 54.3 Å². The maximum Gasteiger partial charge on any atom is 0.396 e. The van der Waals surface area contributed by atoms with Gasteiger partial charge in [-0.15, -0.1) is 0 Å². The number of carbonyl (C=O) groups is 1. The average molecular weight is 339 g/mol. The fourth-order valence-corrected chi connectivity index (χ4v) is 3.38. The molecular weight excluding hydrogens is 332 g/mol. The maximum atomic E-state index is 11.4. The van der Waals surface area contributed by atoms with E-state index in [4.69, 9.17) is 9.15 Å². The summed E-state index contributed by atoms with van der Waals surface area (Å²) < 4.78 is 11.7. The van der Waals surface area contributed by atoms with Crippen molar-refractivity contribution < 1.29 is 13.9 Å². The molecule has 0 aliphatic rings. The number of hydrogen-bond donors (Lipinski definition) is 0. The van der Waals surface area contributed by atoms with E-state index in [-0.39, 0.29) is 4.94 Å². The first-order valence-corrected chi connectivity index (χ1v) is 7.01. The summed E-state index contributed by atoms with van der Waals surface area (Å²) in [5.41, 5.74) is 0.508. The average Bonchev–Trinajstić information content (AvgIpc) is 2.76. The van der Waals surface area contributed by atoms with Crippen LogP contribution in [0.5, 0.6) is 5.75 Å². The van der Waals surface area contributed by atoms with E-state index >= 15 is 0 Å². The minimum Gasteiger partial charge on any atom is -0.425 e. The number of rotatable bonds is 1. The molecule has 1 heterocycles. The van der Waals surface area contributed by atoms with E-state index in [0.29, 0.717) is 20.5 Å². The molecule has 0 unspecified atom stereocenters. The first kappa shape index (κ1) is 12.4. The summed E-state index contributed by atoms with van der Waals surface area (Å²) >= 11 is 4.35. The zero-order chi connectivity index (χ0) is 13.6. The normalized spacial score (nSPS) is 11.1. The van der Waals surface area contributed by atoms with Crippen LogP contribution in [-0.4, -0.2) is 5.97 Å². The standard InChI is InChI=1S/C13H7BrO4S/c1-6(15)17-10-7-4-2-3-5-8(7)11-12(9(10)14)19-13(16)18-11/h2-5H,1H3. The van der Waals surface area contributed by atoms with Crippen molar-refractivity contribution in [2.45, 2.75) is 6.92 Å². The summed E-state index contributed by atoms with van der Waals surface area (Å²) in [6, 6.07) is 7.31. The number of fused-ring (bicyclic) bond motifs is 3. The highest BCUT2D eigenvalue weighted by atomic mass is 79.9. The van der Waals surface area contributed by atoms with Crippen LogP contribution < -0.4 is 9.68 Å². The molecule has 96 valence electrons. The van der Waals surface area contributed by atoms with Gasteiger partial charge < -0.3 is 9.15 Å². The van der Waals surface area contributed by atoms with Crippen molar-refractivity contribution in [3.63, 3.8) is 0 Å². The first-order valence-electron chi connectivity index (χ1n) is 5.40. The Morgan fingerprint density at radius 2 is 2.00 bits per heavy atom. The SMILES string of the molecule is CC(=O)Oc1c(Br)c2sc(=O)oc2c2ccccc12. The van der Waals surface area contributed by atoms with Gasteiger partial charge in [-0.1, -0.05) is 35.6 Å². The van der Waals surface area contributed by atoms with Crippen LogP contribution in [0.3, 0.4) is 0 Å². The van der Waals surface area contributed by atoms with Gasteiger partial charge in [0.15, 0.2) is 11.3 Å². The van der Waals surface area contributed by atoms with E-state index < -0.39 is 5.97 Å². The zero-order valence-electron chi connectivity index (χ0n) is 9.73. The van der Waals surface area contributed by atoms with Crippen LogP contribution in [0.15, 0.2) is 37.9 Å². The fraction of sp³-hybridized carbons (Fsp3) is 0.0769. The van der Waals surface area contributed by atoms with Crippen LogP contribution in [0, 0.1) is 0 Å². The van der Waals surface area contributed by atoms with E-state index in [9.17, 15) is 9.59 Å². The lowest BCUT2D eigenvalue weighted by Gasteiger charge is -2.09. The summed E-state index contributed by atoms with van der Waals surface area (Å²) in [6.45, 7) is 1.34. The highest BCUT2D eigenvalue weighted by Crippen LogP contribution is 2.42. The third-order valence-corrected chi connectivity index (χ3v) is 4.50. The van der Waals surface area contributed by atoms with Gasteiger partial charge in [0.25, 0.3) is 0 Å². The van der Waals surface area contributed by atoms with E-state index in [1.807, 2.05) is 24.3 Å². The predicted molar refractivity (Wildman–Crippen MR) is 76.9 cm³/mol. The molecule has 0 amide bonds. The molecule has 0 atom stereocenters. The molecule has 0 aliphatic carbocycles. The third-order valence-electron chi connectivity index (χ3n) is 2.64. The van der Waals surface area contributed by atoms with E-state index in [1.54, 1.807) is 0 Å². The lowest BCUT2D eigenvalue weighted by atomic mass is 10.1. The van der Waals surface area contributed by atoms with Crippen LogP contribution in [0.2, 0.25) is 0 Å². The van der Waals surface area contributed by atoms with E-state index in [1.165, 1.54) is 6.92 Å². The van der Waals surface area contributed by atoms with E-state index in [2.05, 4.69) is 15.9 Å². The Bertz CT molecular complexity index is 862. The second-order valence-electron chi connectivity index (χ2n) is 3.89. The second kappa shape index (κ2) is 4.47. The predicted octanol–water partition coefficient (Wildman–Crippen LogP) is 3.70. The smallest absolute Gasteiger partial charge is 0.396 e. The summed E-state index contributed by atoms with van der Waals surface area (Å²) in [6.07, 6.45) is 0. The molecule has 6 heteroatoms. The van der Waals surface area contributed by atoms with Gasteiger partial charge in [0, 0.05) is 17.7 Å². The summed E-state index contributed by atoms with van der Waals surface area (Å²) in [5, 5.41) is 1.47. The van der Waals surface area contributed by atoms with Crippen molar-refractivity contribution in [3.8, 4) is 5.75 Å².